The van der Waals surface area contributed by atoms with E-state index in [2.05, 4.69) is 8.02 Å². The second-order valence-corrected chi connectivity index (χ2v) is 12.9. The van der Waals surface area contributed by atoms with Gasteiger partial charge in [-0.15, -0.1) is 0 Å². The Morgan fingerprint density at radius 2 is 1.86 bits per heavy atom. The van der Waals surface area contributed by atoms with E-state index in [0.717, 1.165) is 0 Å². The van der Waals surface area contributed by atoms with E-state index in [4.69, 9.17) is 4.74 Å². The Morgan fingerprint density at radius 1 is 1.21 bits per heavy atom. The van der Waals surface area contributed by atoms with Crippen LogP contribution in [0.25, 0.3) is 0 Å². The van der Waals surface area contributed by atoms with E-state index in [9.17, 15) is 30.5 Å². The Bertz CT molecular complexity index is 896. The van der Waals surface area contributed by atoms with Crippen molar-refractivity contribution in [1.29, 1.82) is 0 Å². The summed E-state index contributed by atoms with van der Waals surface area (Å²) in [6, 6.07) is 1.77. The summed E-state index contributed by atoms with van der Waals surface area (Å²) in [5.41, 5.74) is 0.304. The summed E-state index contributed by atoms with van der Waals surface area (Å²) in [5.74, 6) is 3.73. The molecular formula is C16H24N4O7Se. The minimum absolute atomic E-state index is 0.150. The second-order valence-electron chi connectivity index (χ2n) is 6.97. The molecule has 3 rings (SSSR count). The Morgan fingerprint density at radius 3 is 2.43 bits per heavy atom. The van der Waals surface area contributed by atoms with E-state index in [1.54, 1.807) is 11.8 Å². The molecule has 0 bridgehead atoms. The fourth-order valence-corrected chi connectivity index (χ4v) is 6.26. The molecule has 11 nitrogen and oxygen atoms in total. The average molecular weight is 463 g/mol. The maximum absolute atomic E-state index is 11.4. The van der Waals surface area contributed by atoms with Gasteiger partial charge in [0.15, 0.2) is 0 Å². The van der Waals surface area contributed by atoms with Gasteiger partial charge in [0.25, 0.3) is 0 Å². The van der Waals surface area contributed by atoms with Gasteiger partial charge in [-0.2, -0.15) is 0 Å². The number of hydrogen-bond acceptors (Lipinski definition) is 10. The van der Waals surface area contributed by atoms with Gasteiger partial charge < -0.3 is 0 Å². The molecule has 0 aromatic heterocycles. The Labute approximate surface area is 163 Å². The summed E-state index contributed by atoms with van der Waals surface area (Å²) < 4.78 is 14.4. The molecule has 4 N–H and O–H groups in total. The summed E-state index contributed by atoms with van der Waals surface area (Å²) in [7, 11) is 0. The molecule has 1 saturated heterocycles. The van der Waals surface area contributed by atoms with Gasteiger partial charge in [-0.1, -0.05) is 0 Å². The van der Waals surface area contributed by atoms with E-state index < -0.39 is 55.5 Å². The number of non-ortho nitro benzene ring substituents is 1. The molecule has 0 aliphatic carbocycles. The molecule has 1 aromatic carbocycles. The molecule has 12 heteroatoms. The van der Waals surface area contributed by atoms with E-state index in [1.807, 2.05) is 11.6 Å². The third kappa shape index (κ3) is 3.52. The van der Waals surface area contributed by atoms with Gasteiger partial charge in [0.1, 0.15) is 0 Å². The van der Waals surface area contributed by atoms with Gasteiger partial charge in [-0.3, -0.25) is 0 Å². The van der Waals surface area contributed by atoms with Crippen molar-refractivity contribution in [2.24, 2.45) is 8.02 Å². The van der Waals surface area contributed by atoms with Crippen molar-refractivity contribution in [3.8, 4) is 0 Å². The van der Waals surface area contributed by atoms with Crippen LogP contribution in [0, 0.1) is 10.1 Å². The molecule has 156 valence electrons. The molecule has 0 spiro atoms. The molecule has 1 aromatic rings. The van der Waals surface area contributed by atoms with Gasteiger partial charge in [0.2, 0.25) is 0 Å². The first kappa shape index (κ1) is 21.1. The van der Waals surface area contributed by atoms with Crippen LogP contribution in [0.4, 0.5) is 11.4 Å². The number of nitro groups is 1. The van der Waals surface area contributed by atoms with Crippen molar-refractivity contribution < 1.29 is 30.1 Å². The predicted molar refractivity (Wildman–Crippen MR) is 99.7 cm³/mol. The zero-order valence-corrected chi connectivity index (χ0v) is 17.4. The molecular weight excluding hydrogens is 439 g/mol. The first-order valence-corrected chi connectivity index (χ1v) is 13.6. The molecule has 2 aliphatic heterocycles. The van der Waals surface area contributed by atoms with Gasteiger partial charge in [0, 0.05) is 0 Å². The minimum atomic E-state index is -2.64. The van der Waals surface area contributed by atoms with Crippen molar-refractivity contribution in [2.45, 2.75) is 49.2 Å². The standard InChI is InChI=1S/C16H24N4O7Se/c1-4-19(13-15(23)14(22)10(7-21)27-16(13)24)8-5-6-9(20(25)26)12-11(8)17-28(2,3)18-12/h5-6,10,13-16,21-24H,4,7H2,1-3H3/t10-,13-,14-,15-,16?/m1/s1. The van der Waals surface area contributed by atoms with Gasteiger partial charge >= 0.3 is 163 Å². The third-order valence-electron chi connectivity index (χ3n) is 4.81. The first-order valence-electron chi connectivity index (χ1n) is 8.69. The number of hydrogen-bond donors (Lipinski definition) is 4. The molecule has 0 radical (unpaired) electrons. The van der Waals surface area contributed by atoms with Crippen LogP contribution in [0.1, 0.15) is 6.92 Å². The Balaban J connectivity index is 2.12. The van der Waals surface area contributed by atoms with Crippen molar-refractivity contribution >= 4 is 24.7 Å². The summed E-state index contributed by atoms with van der Waals surface area (Å²) in [6.07, 6.45) is -5.44. The summed E-state index contributed by atoms with van der Waals surface area (Å²) in [6.45, 7) is 1.51. The number of aliphatic hydroxyl groups is 4. The zero-order chi connectivity index (χ0) is 20.8. The number of anilines is 1. The molecule has 1 unspecified atom stereocenters. The number of benzene rings is 1. The van der Waals surface area contributed by atoms with Gasteiger partial charge in [-0.25, -0.2) is 0 Å². The normalized spacial score (nSPS) is 32.0. The quantitative estimate of drug-likeness (QED) is 0.225. The van der Waals surface area contributed by atoms with Crippen molar-refractivity contribution in [2.75, 3.05) is 18.1 Å². The third-order valence-corrected chi connectivity index (χ3v) is 7.45. The fraction of sp³-hybridized carbons (Fsp3) is 0.625. The topological polar surface area (TPSA) is 161 Å². The molecule has 2 aliphatic rings. The van der Waals surface area contributed by atoms with Crippen molar-refractivity contribution in [1.82, 2.24) is 0 Å². The maximum atomic E-state index is 11.4. The molecule has 0 amide bonds. The first-order chi connectivity index (χ1) is 13.1. The average Bonchev–Trinajstić information content (AvgIpc) is 2.95. The molecule has 28 heavy (non-hydrogen) atoms. The van der Waals surface area contributed by atoms with Gasteiger partial charge in [-0.05, 0) is 0 Å². The van der Waals surface area contributed by atoms with Crippen LogP contribution >= 0.6 is 0 Å². The monoisotopic (exact) mass is 464 g/mol. The van der Waals surface area contributed by atoms with Crippen LogP contribution in [0.15, 0.2) is 20.2 Å². The van der Waals surface area contributed by atoms with E-state index in [1.165, 1.54) is 12.1 Å². The molecule has 1 fully saturated rings. The van der Waals surface area contributed by atoms with Crippen LogP contribution in [-0.4, -0.2) is 82.4 Å². The van der Waals surface area contributed by atoms with Crippen LogP contribution in [0.3, 0.4) is 0 Å². The van der Waals surface area contributed by atoms with E-state index >= 15 is 0 Å². The number of aliphatic hydroxyl groups excluding tert-OH is 4. The van der Waals surface area contributed by atoms with Crippen LogP contribution in [0.2, 0.25) is 11.6 Å². The second kappa shape index (κ2) is 7.64. The number of nitrogens with zero attached hydrogens (tertiary/aromatic N) is 4. The summed E-state index contributed by atoms with van der Waals surface area (Å²) >= 11 is -2.64. The number of ether oxygens (including phenoxy) is 1. The predicted octanol–water partition coefficient (Wildman–Crippen LogP) is -1.82. The van der Waals surface area contributed by atoms with Crippen LogP contribution < -0.4 is 15.6 Å². The number of nitro benzene ring substituents is 1. The summed E-state index contributed by atoms with van der Waals surface area (Å²) in [4.78, 5) is 12.5. The summed E-state index contributed by atoms with van der Waals surface area (Å²) in [5, 5.41) is 52.4. The van der Waals surface area contributed by atoms with Gasteiger partial charge in [0.05, 0.1) is 0 Å². The Hall–Kier alpha value is -1.66. The number of likely N-dealkylation sites (N-methyl/N-ethyl adjacent to an activating group) is 1. The number of rotatable bonds is 5. The molecule has 5 atom stereocenters. The number of fused-ring (bicyclic) bond motifs is 1. The van der Waals surface area contributed by atoms with Crippen LogP contribution in [0.5, 0.6) is 0 Å². The van der Waals surface area contributed by atoms with Crippen molar-refractivity contribution in [3.05, 3.63) is 33.0 Å². The zero-order valence-electron chi connectivity index (χ0n) is 15.7. The molecule has 0 saturated carbocycles. The fourth-order valence-electron chi connectivity index (χ4n) is 3.55. The van der Waals surface area contributed by atoms with Crippen LogP contribution in [-0.2, 0) is 4.74 Å². The SMILES string of the molecule is CCN(c1ccc([N+](=O)[O-])c2c1=N[Se](C)(C)N=2)[C@H]1C(O)O[C@H](CO)[C@@H](O)[C@@H]1O. The van der Waals surface area contributed by atoms with E-state index in [0.29, 0.717) is 17.6 Å². The Kier molecular flexibility index (Phi) is 5.74. The molecule has 2 heterocycles. The van der Waals surface area contributed by atoms with E-state index in [-0.39, 0.29) is 11.0 Å². The van der Waals surface area contributed by atoms with Crippen molar-refractivity contribution in [3.63, 3.8) is 0 Å².